The Kier molecular flexibility index (Phi) is 3.98. The van der Waals surface area contributed by atoms with Crippen LogP contribution in [0.1, 0.15) is 29.6 Å². The van der Waals surface area contributed by atoms with E-state index in [0.717, 1.165) is 23.5 Å². The number of amides is 1. The van der Waals surface area contributed by atoms with E-state index in [1.807, 2.05) is 33.0 Å². The number of rotatable bonds is 4. The molecule has 0 aliphatic carbocycles. The second kappa shape index (κ2) is 5.92. The quantitative estimate of drug-likeness (QED) is 0.910. The SMILES string of the molecule is Cc1cc(C)n(CC(=O)N[C@H]2CCO[C@@H]2c2ccnn2C)n1. The molecule has 3 rings (SSSR count). The smallest absolute Gasteiger partial charge is 0.242 e. The van der Waals surface area contributed by atoms with E-state index in [1.54, 1.807) is 15.6 Å². The minimum atomic E-state index is -0.142. The van der Waals surface area contributed by atoms with Gasteiger partial charge in [0, 0.05) is 25.5 Å². The molecule has 0 spiro atoms. The lowest BCUT2D eigenvalue weighted by Crippen LogP contribution is -2.39. The van der Waals surface area contributed by atoms with E-state index in [0.29, 0.717) is 6.61 Å². The Morgan fingerprint density at radius 1 is 1.50 bits per heavy atom. The number of ether oxygens (including phenoxy) is 1. The van der Waals surface area contributed by atoms with Crippen LogP contribution in [-0.4, -0.2) is 38.1 Å². The summed E-state index contributed by atoms with van der Waals surface area (Å²) in [5, 5.41) is 11.5. The van der Waals surface area contributed by atoms with Crippen LogP contribution < -0.4 is 5.32 Å². The lowest BCUT2D eigenvalue weighted by molar-refractivity contribution is -0.123. The van der Waals surface area contributed by atoms with Crippen molar-refractivity contribution in [1.82, 2.24) is 24.9 Å². The third kappa shape index (κ3) is 2.89. The van der Waals surface area contributed by atoms with Crippen LogP contribution in [0, 0.1) is 13.8 Å². The molecule has 0 aromatic carbocycles. The molecule has 22 heavy (non-hydrogen) atoms. The lowest BCUT2D eigenvalue weighted by atomic mass is 10.1. The maximum Gasteiger partial charge on any atom is 0.242 e. The van der Waals surface area contributed by atoms with Crippen LogP contribution in [0.5, 0.6) is 0 Å². The summed E-state index contributed by atoms with van der Waals surface area (Å²) >= 11 is 0. The van der Waals surface area contributed by atoms with Gasteiger partial charge in [0.2, 0.25) is 5.91 Å². The van der Waals surface area contributed by atoms with Gasteiger partial charge in [-0.2, -0.15) is 10.2 Å². The monoisotopic (exact) mass is 303 g/mol. The summed E-state index contributed by atoms with van der Waals surface area (Å²) in [4.78, 5) is 12.3. The fraction of sp³-hybridized carbons (Fsp3) is 0.533. The van der Waals surface area contributed by atoms with Crippen LogP contribution in [0.3, 0.4) is 0 Å². The highest BCUT2D eigenvalue weighted by atomic mass is 16.5. The Labute approximate surface area is 129 Å². The van der Waals surface area contributed by atoms with Crippen molar-refractivity contribution < 1.29 is 9.53 Å². The van der Waals surface area contributed by atoms with Crippen molar-refractivity contribution in [3.05, 3.63) is 35.4 Å². The molecule has 3 heterocycles. The third-order valence-electron chi connectivity index (χ3n) is 3.99. The van der Waals surface area contributed by atoms with Gasteiger partial charge in [-0.3, -0.25) is 14.2 Å². The van der Waals surface area contributed by atoms with Crippen LogP contribution in [0.2, 0.25) is 0 Å². The molecule has 7 nitrogen and oxygen atoms in total. The molecular formula is C15H21N5O2. The van der Waals surface area contributed by atoms with E-state index in [1.165, 1.54) is 0 Å². The number of aryl methyl sites for hydroxylation is 3. The average Bonchev–Trinajstić information content (AvgIpc) is 3.12. The van der Waals surface area contributed by atoms with Gasteiger partial charge in [-0.15, -0.1) is 0 Å². The summed E-state index contributed by atoms with van der Waals surface area (Å²) in [6.45, 7) is 4.74. The van der Waals surface area contributed by atoms with E-state index in [2.05, 4.69) is 15.5 Å². The second-order valence-corrected chi connectivity index (χ2v) is 5.72. The molecule has 1 aliphatic rings. The molecule has 0 radical (unpaired) electrons. The molecule has 2 aromatic rings. The van der Waals surface area contributed by atoms with Gasteiger partial charge in [0.15, 0.2) is 0 Å². The van der Waals surface area contributed by atoms with Crippen molar-refractivity contribution >= 4 is 5.91 Å². The van der Waals surface area contributed by atoms with Crippen molar-refractivity contribution in [1.29, 1.82) is 0 Å². The zero-order valence-corrected chi connectivity index (χ0v) is 13.1. The number of carbonyl (C=O) groups is 1. The minimum absolute atomic E-state index is 0.0279. The van der Waals surface area contributed by atoms with E-state index >= 15 is 0 Å². The molecule has 0 saturated carbocycles. The van der Waals surface area contributed by atoms with Gasteiger partial charge in [0.25, 0.3) is 0 Å². The highest BCUT2D eigenvalue weighted by molar-refractivity contribution is 5.76. The molecule has 1 fully saturated rings. The van der Waals surface area contributed by atoms with Crippen LogP contribution in [0.25, 0.3) is 0 Å². The van der Waals surface area contributed by atoms with Crippen molar-refractivity contribution in [2.24, 2.45) is 7.05 Å². The van der Waals surface area contributed by atoms with Gasteiger partial charge in [0.1, 0.15) is 12.6 Å². The predicted molar refractivity (Wildman–Crippen MR) is 80.1 cm³/mol. The number of nitrogens with zero attached hydrogens (tertiary/aromatic N) is 4. The van der Waals surface area contributed by atoms with E-state index in [9.17, 15) is 4.79 Å². The van der Waals surface area contributed by atoms with Crippen LogP contribution in [-0.2, 0) is 23.1 Å². The summed E-state index contributed by atoms with van der Waals surface area (Å²) in [6, 6.07) is 3.86. The summed E-state index contributed by atoms with van der Waals surface area (Å²) in [6.07, 6.45) is 2.40. The summed E-state index contributed by atoms with van der Waals surface area (Å²) in [5.74, 6) is -0.0473. The van der Waals surface area contributed by atoms with Gasteiger partial charge in [0.05, 0.1) is 17.4 Å². The minimum Gasteiger partial charge on any atom is -0.370 e. The molecule has 0 unspecified atom stereocenters. The second-order valence-electron chi connectivity index (χ2n) is 5.72. The topological polar surface area (TPSA) is 74.0 Å². The molecular weight excluding hydrogens is 282 g/mol. The molecule has 1 aliphatic heterocycles. The molecule has 2 aromatic heterocycles. The maximum absolute atomic E-state index is 12.3. The van der Waals surface area contributed by atoms with Gasteiger partial charge < -0.3 is 10.1 Å². The summed E-state index contributed by atoms with van der Waals surface area (Å²) < 4.78 is 9.28. The van der Waals surface area contributed by atoms with Crippen molar-refractivity contribution in [2.45, 2.75) is 39.0 Å². The Balaban J connectivity index is 1.66. The third-order valence-corrected chi connectivity index (χ3v) is 3.99. The van der Waals surface area contributed by atoms with Crippen molar-refractivity contribution in [3.63, 3.8) is 0 Å². The average molecular weight is 303 g/mol. The van der Waals surface area contributed by atoms with Crippen molar-refractivity contribution in [2.75, 3.05) is 6.61 Å². The van der Waals surface area contributed by atoms with E-state index in [4.69, 9.17) is 4.74 Å². The zero-order chi connectivity index (χ0) is 15.7. The first kappa shape index (κ1) is 14.8. The van der Waals surface area contributed by atoms with E-state index < -0.39 is 0 Å². The maximum atomic E-state index is 12.3. The van der Waals surface area contributed by atoms with Crippen LogP contribution >= 0.6 is 0 Å². The molecule has 7 heteroatoms. The van der Waals surface area contributed by atoms with Gasteiger partial charge >= 0.3 is 0 Å². The number of carbonyl (C=O) groups excluding carboxylic acids is 1. The first-order valence-electron chi connectivity index (χ1n) is 7.44. The normalized spacial score (nSPS) is 21.2. The Morgan fingerprint density at radius 3 is 2.95 bits per heavy atom. The van der Waals surface area contributed by atoms with Gasteiger partial charge in [-0.25, -0.2) is 0 Å². The first-order chi connectivity index (χ1) is 10.5. The molecule has 1 saturated heterocycles. The molecule has 1 amide bonds. The fourth-order valence-electron chi connectivity index (χ4n) is 2.92. The molecule has 1 N–H and O–H groups in total. The molecule has 0 bridgehead atoms. The lowest BCUT2D eigenvalue weighted by Gasteiger charge is -2.20. The summed E-state index contributed by atoms with van der Waals surface area (Å²) in [5.41, 5.74) is 2.88. The fourth-order valence-corrected chi connectivity index (χ4v) is 2.92. The Hall–Kier alpha value is -2.15. The number of hydrogen-bond acceptors (Lipinski definition) is 4. The summed E-state index contributed by atoms with van der Waals surface area (Å²) in [7, 11) is 1.88. The van der Waals surface area contributed by atoms with E-state index in [-0.39, 0.29) is 24.6 Å². The first-order valence-corrected chi connectivity index (χ1v) is 7.44. The highest BCUT2D eigenvalue weighted by Crippen LogP contribution is 2.28. The molecule has 118 valence electrons. The highest BCUT2D eigenvalue weighted by Gasteiger charge is 2.32. The standard InChI is InChI=1S/C15H21N5O2/c1-10-8-11(2)20(18-10)9-14(21)17-12-5-7-22-15(12)13-4-6-16-19(13)3/h4,6,8,12,15H,5,7,9H2,1-3H3,(H,17,21)/t12-,15-/m0/s1. The Bertz CT molecular complexity index is 675. The Morgan fingerprint density at radius 2 is 2.32 bits per heavy atom. The number of hydrogen-bond donors (Lipinski definition) is 1. The largest absolute Gasteiger partial charge is 0.370 e. The number of nitrogens with one attached hydrogen (secondary N) is 1. The zero-order valence-electron chi connectivity index (χ0n) is 13.1. The van der Waals surface area contributed by atoms with Crippen LogP contribution in [0.4, 0.5) is 0 Å². The predicted octanol–water partition coefficient (Wildman–Crippen LogP) is 0.880. The molecule has 2 atom stereocenters. The van der Waals surface area contributed by atoms with Gasteiger partial charge in [-0.05, 0) is 32.4 Å². The number of aromatic nitrogens is 4. The van der Waals surface area contributed by atoms with Crippen molar-refractivity contribution in [3.8, 4) is 0 Å². The van der Waals surface area contributed by atoms with Crippen LogP contribution in [0.15, 0.2) is 18.3 Å². The van der Waals surface area contributed by atoms with Gasteiger partial charge in [-0.1, -0.05) is 0 Å².